The molecule has 2 aromatic rings. The van der Waals surface area contributed by atoms with Gasteiger partial charge in [0.05, 0.1) is 17.1 Å². The SMILES string of the molecule is Cc1ccc(C#CC(=O)N(C)[C@@H]2CC[C@@]3(O)[C@H]4Cc5cccc6c5[C@@]3(CCN4C)[C@H]2O6)cc1C. The highest BCUT2D eigenvalue weighted by Gasteiger charge is 2.72. The zero-order valence-electron chi connectivity index (χ0n) is 20.4. The van der Waals surface area contributed by atoms with Crippen LogP contribution in [-0.4, -0.2) is 65.2 Å². The molecule has 0 unspecified atom stereocenters. The number of hydrogen-bond acceptors (Lipinski definition) is 4. The molecule has 0 radical (unpaired) electrons. The van der Waals surface area contributed by atoms with Gasteiger partial charge in [-0.3, -0.25) is 4.79 Å². The van der Waals surface area contributed by atoms with E-state index in [0.717, 1.165) is 30.7 Å². The number of rotatable bonds is 1. The van der Waals surface area contributed by atoms with Gasteiger partial charge in [0, 0.05) is 30.1 Å². The van der Waals surface area contributed by atoms with Crippen LogP contribution in [0.3, 0.4) is 0 Å². The van der Waals surface area contributed by atoms with E-state index in [9.17, 15) is 9.90 Å². The summed E-state index contributed by atoms with van der Waals surface area (Å²) in [6.45, 7) is 5.04. The van der Waals surface area contributed by atoms with Gasteiger partial charge in [-0.15, -0.1) is 0 Å². The first kappa shape index (κ1) is 21.7. The topological polar surface area (TPSA) is 53.0 Å². The lowest BCUT2D eigenvalue weighted by Crippen LogP contribution is -2.77. The molecule has 6 rings (SSSR count). The molecule has 2 heterocycles. The minimum Gasteiger partial charge on any atom is -0.487 e. The van der Waals surface area contributed by atoms with Crippen LogP contribution in [0.1, 0.15) is 47.1 Å². The lowest BCUT2D eigenvalue weighted by Gasteiger charge is -2.64. The van der Waals surface area contributed by atoms with Crippen LogP contribution in [0.15, 0.2) is 36.4 Å². The van der Waals surface area contributed by atoms with Crippen molar-refractivity contribution in [1.29, 1.82) is 0 Å². The molecule has 0 aromatic heterocycles. The van der Waals surface area contributed by atoms with Crippen LogP contribution in [0, 0.1) is 25.7 Å². The maximum Gasteiger partial charge on any atom is 0.298 e. The summed E-state index contributed by atoms with van der Waals surface area (Å²) in [7, 11) is 3.96. The maximum absolute atomic E-state index is 13.2. The predicted molar refractivity (Wildman–Crippen MR) is 131 cm³/mol. The van der Waals surface area contributed by atoms with Crippen molar-refractivity contribution >= 4 is 5.91 Å². The van der Waals surface area contributed by atoms with Crippen LogP contribution in [-0.2, 0) is 16.6 Å². The van der Waals surface area contributed by atoms with Crippen molar-refractivity contribution in [2.75, 3.05) is 20.6 Å². The molecule has 1 saturated heterocycles. The van der Waals surface area contributed by atoms with Crippen LogP contribution in [0.25, 0.3) is 0 Å². The molecule has 5 atom stereocenters. The van der Waals surface area contributed by atoms with E-state index >= 15 is 0 Å². The molecular formula is C29H32N2O3. The van der Waals surface area contributed by atoms with E-state index in [0.29, 0.717) is 12.8 Å². The van der Waals surface area contributed by atoms with E-state index in [4.69, 9.17) is 4.74 Å². The zero-order chi connectivity index (χ0) is 23.8. The minimum atomic E-state index is -0.851. The summed E-state index contributed by atoms with van der Waals surface area (Å²) < 4.78 is 6.63. The Bertz CT molecular complexity index is 1260. The number of aryl methyl sites for hydroxylation is 2. The van der Waals surface area contributed by atoms with E-state index in [1.165, 1.54) is 22.3 Å². The molecule has 1 amide bonds. The van der Waals surface area contributed by atoms with Gasteiger partial charge in [0.15, 0.2) is 0 Å². The molecule has 5 nitrogen and oxygen atoms in total. The monoisotopic (exact) mass is 456 g/mol. The number of likely N-dealkylation sites (tertiary alicyclic amines) is 1. The quantitative estimate of drug-likeness (QED) is 0.671. The number of nitrogens with zero attached hydrogens (tertiary/aromatic N) is 2. The molecule has 1 N–H and O–H groups in total. The van der Waals surface area contributed by atoms with Gasteiger partial charge in [0.2, 0.25) is 0 Å². The minimum absolute atomic E-state index is 0.0692. The van der Waals surface area contributed by atoms with Crippen molar-refractivity contribution in [1.82, 2.24) is 9.80 Å². The first-order valence-electron chi connectivity index (χ1n) is 12.3. The Hall–Kier alpha value is -2.81. The molecule has 2 aromatic carbocycles. The van der Waals surface area contributed by atoms with Crippen LogP contribution in [0.5, 0.6) is 5.75 Å². The van der Waals surface area contributed by atoms with Crippen LogP contribution >= 0.6 is 0 Å². The Labute approximate surface area is 201 Å². The standard InChI is InChI=1S/C29H32N2O3/c1-18-8-9-20(16-19(18)2)10-11-25(32)31(4)22-12-13-29(33)24-17-21-6-5-7-23-26(21)28(29,27(22)34-23)14-15-30(24)3/h5-9,16,22,24,27,33H,12-15,17H2,1-4H3/t22-,24-,27+,28+,29-/m1/s1. The summed E-state index contributed by atoms with van der Waals surface area (Å²) in [5, 5.41) is 12.3. The molecule has 2 fully saturated rings. The smallest absolute Gasteiger partial charge is 0.298 e. The van der Waals surface area contributed by atoms with Gasteiger partial charge in [0.25, 0.3) is 5.91 Å². The van der Waals surface area contributed by atoms with Crippen LogP contribution < -0.4 is 4.74 Å². The largest absolute Gasteiger partial charge is 0.487 e. The third-order valence-electron chi connectivity index (χ3n) is 9.24. The average Bonchev–Trinajstić information content (AvgIpc) is 3.16. The third kappa shape index (κ3) is 2.73. The third-order valence-corrected chi connectivity index (χ3v) is 9.24. The molecule has 176 valence electrons. The number of benzene rings is 2. The summed E-state index contributed by atoms with van der Waals surface area (Å²) in [6, 6.07) is 12.2. The van der Waals surface area contributed by atoms with Crippen molar-refractivity contribution in [3.8, 4) is 17.6 Å². The zero-order valence-corrected chi connectivity index (χ0v) is 20.4. The number of ether oxygens (including phenoxy) is 1. The van der Waals surface area contributed by atoms with Crippen molar-refractivity contribution in [2.24, 2.45) is 0 Å². The Morgan fingerprint density at radius 1 is 1.21 bits per heavy atom. The van der Waals surface area contributed by atoms with Gasteiger partial charge < -0.3 is 19.6 Å². The lowest BCUT2D eigenvalue weighted by molar-refractivity contribution is -0.195. The molecule has 2 aliphatic carbocycles. The number of aliphatic hydroxyl groups is 1. The van der Waals surface area contributed by atoms with Crippen molar-refractivity contribution in [3.63, 3.8) is 0 Å². The Morgan fingerprint density at radius 2 is 2.03 bits per heavy atom. The van der Waals surface area contributed by atoms with E-state index in [1.54, 1.807) is 4.90 Å². The first-order chi connectivity index (χ1) is 16.3. The van der Waals surface area contributed by atoms with Gasteiger partial charge in [-0.05, 0) is 88.0 Å². The number of carbonyl (C=O) groups excluding carboxylic acids is 1. The summed E-state index contributed by atoms with van der Waals surface area (Å²) >= 11 is 0. The molecule has 1 saturated carbocycles. The van der Waals surface area contributed by atoms with Crippen molar-refractivity contribution in [3.05, 3.63) is 64.2 Å². The summed E-state index contributed by atoms with van der Waals surface area (Å²) in [5.74, 6) is 6.60. The summed E-state index contributed by atoms with van der Waals surface area (Å²) in [5.41, 5.74) is 4.37. The van der Waals surface area contributed by atoms with Gasteiger partial charge in [0.1, 0.15) is 11.9 Å². The average molecular weight is 457 g/mol. The molecule has 5 heteroatoms. The van der Waals surface area contributed by atoms with Crippen molar-refractivity contribution in [2.45, 2.75) is 68.7 Å². The fraction of sp³-hybridized carbons (Fsp3) is 0.483. The van der Waals surface area contributed by atoms with E-state index in [2.05, 4.69) is 49.8 Å². The second-order valence-electron chi connectivity index (χ2n) is 10.7. The van der Waals surface area contributed by atoms with E-state index in [-0.39, 0.29) is 24.1 Å². The Balaban J connectivity index is 1.36. The maximum atomic E-state index is 13.2. The first-order valence-corrected chi connectivity index (χ1v) is 12.3. The number of likely N-dealkylation sites (N-methyl/N-ethyl adjacent to an activating group) is 2. The van der Waals surface area contributed by atoms with Crippen LogP contribution in [0.2, 0.25) is 0 Å². The van der Waals surface area contributed by atoms with Crippen molar-refractivity contribution < 1.29 is 14.6 Å². The van der Waals surface area contributed by atoms with E-state index < -0.39 is 11.0 Å². The van der Waals surface area contributed by atoms with Gasteiger partial charge >= 0.3 is 0 Å². The lowest BCUT2D eigenvalue weighted by atomic mass is 9.48. The van der Waals surface area contributed by atoms with Crippen LogP contribution in [0.4, 0.5) is 0 Å². The summed E-state index contributed by atoms with van der Waals surface area (Å²) in [6.07, 6.45) is 2.76. The fourth-order valence-corrected chi connectivity index (χ4v) is 7.28. The van der Waals surface area contributed by atoms with Gasteiger partial charge in [-0.25, -0.2) is 0 Å². The highest BCUT2D eigenvalue weighted by molar-refractivity contribution is 5.94. The van der Waals surface area contributed by atoms with Gasteiger partial charge in [-0.1, -0.05) is 24.1 Å². The fourth-order valence-electron chi connectivity index (χ4n) is 7.28. The molecule has 4 aliphatic rings. The number of hydrogen-bond donors (Lipinski definition) is 1. The normalized spacial score (nSPS) is 32.8. The second kappa shape index (κ2) is 7.34. The highest BCUT2D eigenvalue weighted by Crippen LogP contribution is 2.64. The van der Waals surface area contributed by atoms with E-state index in [1.807, 2.05) is 31.3 Å². The molecular weight excluding hydrogens is 424 g/mol. The predicted octanol–water partition coefficient (Wildman–Crippen LogP) is 2.97. The molecule has 2 aliphatic heterocycles. The number of piperidine rings is 1. The van der Waals surface area contributed by atoms with Gasteiger partial charge in [-0.2, -0.15) is 0 Å². The molecule has 1 spiro atoms. The Morgan fingerprint density at radius 3 is 2.82 bits per heavy atom. The number of carbonyl (C=O) groups is 1. The molecule has 2 bridgehead atoms. The molecule has 34 heavy (non-hydrogen) atoms. The Kier molecular flexibility index (Phi) is 4.69. The highest BCUT2D eigenvalue weighted by atomic mass is 16.5. The number of amides is 1. The second-order valence-corrected chi connectivity index (χ2v) is 10.7. The summed E-state index contributed by atoms with van der Waals surface area (Å²) in [4.78, 5) is 17.3.